The third-order valence-corrected chi connectivity index (χ3v) is 4.83. The van der Waals surface area contributed by atoms with Gasteiger partial charge in [0.1, 0.15) is 0 Å². The molecule has 1 fully saturated rings. The molecule has 15 heavy (non-hydrogen) atoms. The Morgan fingerprint density at radius 1 is 1.33 bits per heavy atom. The Balaban J connectivity index is 2.45. The molecule has 0 aromatic carbocycles. The quantitative estimate of drug-likeness (QED) is 0.772. The van der Waals surface area contributed by atoms with Crippen molar-refractivity contribution in [2.45, 2.75) is 69.4 Å². The van der Waals surface area contributed by atoms with Gasteiger partial charge in [-0.15, -0.1) is 0 Å². The molecule has 0 saturated heterocycles. The van der Waals surface area contributed by atoms with Crippen molar-refractivity contribution in [1.82, 2.24) is 5.32 Å². The van der Waals surface area contributed by atoms with Crippen LogP contribution in [0.1, 0.15) is 52.9 Å². The van der Waals surface area contributed by atoms with E-state index in [0.29, 0.717) is 0 Å². The van der Waals surface area contributed by atoms with Crippen LogP contribution in [0.4, 0.5) is 0 Å². The number of hydrogen-bond donors (Lipinski definition) is 1. The minimum Gasteiger partial charge on any atom is -0.316 e. The van der Waals surface area contributed by atoms with E-state index >= 15 is 0 Å². The van der Waals surface area contributed by atoms with Gasteiger partial charge < -0.3 is 5.32 Å². The zero-order valence-corrected chi connectivity index (χ0v) is 11.6. The lowest BCUT2D eigenvalue weighted by Crippen LogP contribution is -2.41. The van der Waals surface area contributed by atoms with Crippen molar-refractivity contribution in [3.63, 3.8) is 0 Å². The lowest BCUT2D eigenvalue weighted by molar-refractivity contribution is 0.295. The Morgan fingerprint density at radius 3 is 2.60 bits per heavy atom. The minimum atomic E-state index is 0.755. The monoisotopic (exact) mass is 229 g/mol. The molecule has 0 aromatic rings. The Labute approximate surface area is 99.8 Å². The summed E-state index contributed by atoms with van der Waals surface area (Å²) in [6, 6.07) is 0.755. The van der Waals surface area contributed by atoms with Crippen LogP contribution in [0.3, 0.4) is 0 Å². The van der Waals surface area contributed by atoms with Gasteiger partial charge in [-0.2, -0.15) is 11.8 Å². The highest BCUT2D eigenvalue weighted by atomic mass is 32.2. The predicted octanol–water partition coefficient (Wildman–Crippen LogP) is 3.68. The summed E-state index contributed by atoms with van der Waals surface area (Å²) in [5.41, 5.74) is 0. The van der Waals surface area contributed by atoms with E-state index in [0.717, 1.165) is 22.5 Å². The Bertz CT molecular complexity index is 170. The van der Waals surface area contributed by atoms with Crippen LogP contribution in [0.25, 0.3) is 0 Å². The summed E-state index contributed by atoms with van der Waals surface area (Å²) in [4.78, 5) is 0. The fourth-order valence-corrected chi connectivity index (χ4v) is 4.26. The standard InChI is InChI=1S/C13H27NS/c1-5-6-11-7-8-12(14-4)13(9-11)15-10(2)3/h10-14H,5-9H2,1-4H3. The zero-order chi connectivity index (χ0) is 11.3. The fraction of sp³-hybridized carbons (Fsp3) is 1.00. The van der Waals surface area contributed by atoms with Crippen LogP contribution in [0.5, 0.6) is 0 Å². The van der Waals surface area contributed by atoms with Crippen LogP contribution in [-0.4, -0.2) is 23.6 Å². The molecule has 0 amide bonds. The first-order valence-corrected chi connectivity index (χ1v) is 7.44. The summed E-state index contributed by atoms with van der Waals surface area (Å²) in [7, 11) is 2.12. The van der Waals surface area contributed by atoms with Crippen molar-refractivity contribution >= 4 is 11.8 Å². The summed E-state index contributed by atoms with van der Waals surface area (Å²) in [6.07, 6.45) is 7.04. The van der Waals surface area contributed by atoms with Crippen LogP contribution < -0.4 is 5.32 Å². The smallest absolute Gasteiger partial charge is 0.0206 e. The van der Waals surface area contributed by atoms with E-state index < -0.39 is 0 Å². The Kier molecular flexibility index (Phi) is 6.06. The third kappa shape index (κ3) is 4.36. The Hall–Kier alpha value is 0.310. The number of nitrogens with one attached hydrogen (secondary N) is 1. The summed E-state index contributed by atoms with van der Waals surface area (Å²) in [6.45, 7) is 6.95. The molecule has 0 aliphatic heterocycles. The summed E-state index contributed by atoms with van der Waals surface area (Å²) >= 11 is 2.18. The normalized spacial score (nSPS) is 32.2. The summed E-state index contributed by atoms with van der Waals surface area (Å²) in [5.74, 6) is 0.996. The molecular weight excluding hydrogens is 202 g/mol. The second-order valence-corrected chi connectivity index (χ2v) is 6.91. The average molecular weight is 229 g/mol. The third-order valence-electron chi connectivity index (χ3n) is 3.42. The molecule has 1 aliphatic rings. The van der Waals surface area contributed by atoms with Crippen molar-refractivity contribution in [3.8, 4) is 0 Å². The molecule has 90 valence electrons. The molecule has 1 saturated carbocycles. The van der Waals surface area contributed by atoms with E-state index in [2.05, 4.69) is 44.9 Å². The predicted molar refractivity (Wildman–Crippen MR) is 71.6 cm³/mol. The molecule has 3 unspecified atom stereocenters. The highest BCUT2D eigenvalue weighted by molar-refractivity contribution is 8.00. The number of thioether (sulfide) groups is 1. The average Bonchev–Trinajstić information content (AvgIpc) is 2.18. The molecule has 0 bridgehead atoms. The van der Waals surface area contributed by atoms with Crippen LogP contribution in [-0.2, 0) is 0 Å². The minimum absolute atomic E-state index is 0.755. The first-order valence-electron chi connectivity index (χ1n) is 6.50. The van der Waals surface area contributed by atoms with Gasteiger partial charge in [0.2, 0.25) is 0 Å². The van der Waals surface area contributed by atoms with Gasteiger partial charge in [-0.05, 0) is 37.5 Å². The Morgan fingerprint density at radius 2 is 2.07 bits per heavy atom. The molecule has 0 spiro atoms. The molecule has 1 aliphatic carbocycles. The van der Waals surface area contributed by atoms with Gasteiger partial charge in [0.05, 0.1) is 0 Å². The molecule has 1 N–H and O–H groups in total. The summed E-state index contributed by atoms with van der Waals surface area (Å²) < 4.78 is 0. The first-order chi connectivity index (χ1) is 7.17. The maximum atomic E-state index is 3.50. The molecule has 0 radical (unpaired) electrons. The van der Waals surface area contributed by atoms with Crippen molar-refractivity contribution in [2.24, 2.45) is 5.92 Å². The van der Waals surface area contributed by atoms with E-state index in [1.165, 1.54) is 32.1 Å². The van der Waals surface area contributed by atoms with E-state index in [1.807, 2.05) is 0 Å². The second-order valence-electron chi connectivity index (χ2n) is 5.09. The van der Waals surface area contributed by atoms with E-state index in [4.69, 9.17) is 0 Å². The van der Waals surface area contributed by atoms with E-state index in [9.17, 15) is 0 Å². The van der Waals surface area contributed by atoms with Gasteiger partial charge in [-0.3, -0.25) is 0 Å². The van der Waals surface area contributed by atoms with Gasteiger partial charge in [-0.1, -0.05) is 33.6 Å². The molecule has 2 heteroatoms. The molecule has 0 aromatic heterocycles. The van der Waals surface area contributed by atoms with Gasteiger partial charge in [0.25, 0.3) is 0 Å². The second kappa shape index (κ2) is 6.80. The largest absolute Gasteiger partial charge is 0.316 e. The zero-order valence-electron chi connectivity index (χ0n) is 10.8. The van der Waals surface area contributed by atoms with Crippen LogP contribution in [0.15, 0.2) is 0 Å². The molecule has 0 heterocycles. The highest BCUT2D eigenvalue weighted by Crippen LogP contribution is 2.36. The molecule has 3 atom stereocenters. The van der Waals surface area contributed by atoms with Crippen LogP contribution in [0, 0.1) is 5.92 Å². The fourth-order valence-electron chi connectivity index (χ4n) is 2.71. The van der Waals surface area contributed by atoms with Gasteiger partial charge in [-0.25, -0.2) is 0 Å². The van der Waals surface area contributed by atoms with Crippen molar-refractivity contribution in [2.75, 3.05) is 7.05 Å². The van der Waals surface area contributed by atoms with E-state index in [1.54, 1.807) is 0 Å². The SMILES string of the molecule is CCCC1CCC(NC)C(SC(C)C)C1. The number of rotatable bonds is 5. The maximum Gasteiger partial charge on any atom is 0.0206 e. The summed E-state index contributed by atoms with van der Waals surface area (Å²) in [5, 5.41) is 5.12. The molecule has 1 nitrogen and oxygen atoms in total. The maximum absolute atomic E-state index is 3.50. The highest BCUT2D eigenvalue weighted by Gasteiger charge is 2.29. The molecular formula is C13H27NS. The number of hydrogen-bond acceptors (Lipinski definition) is 2. The lowest BCUT2D eigenvalue weighted by atomic mass is 9.83. The van der Waals surface area contributed by atoms with Gasteiger partial charge in [0, 0.05) is 11.3 Å². The van der Waals surface area contributed by atoms with Crippen LogP contribution in [0.2, 0.25) is 0 Å². The van der Waals surface area contributed by atoms with Crippen molar-refractivity contribution in [1.29, 1.82) is 0 Å². The van der Waals surface area contributed by atoms with E-state index in [-0.39, 0.29) is 0 Å². The molecule has 1 rings (SSSR count). The van der Waals surface area contributed by atoms with Gasteiger partial charge in [0.15, 0.2) is 0 Å². The van der Waals surface area contributed by atoms with Gasteiger partial charge >= 0.3 is 0 Å². The lowest BCUT2D eigenvalue weighted by Gasteiger charge is -2.36. The van der Waals surface area contributed by atoms with Crippen LogP contribution >= 0.6 is 11.8 Å². The van der Waals surface area contributed by atoms with Crippen molar-refractivity contribution in [3.05, 3.63) is 0 Å². The first kappa shape index (κ1) is 13.4. The van der Waals surface area contributed by atoms with Crippen molar-refractivity contribution < 1.29 is 0 Å². The topological polar surface area (TPSA) is 12.0 Å².